The van der Waals surface area contributed by atoms with Crippen LogP contribution < -0.4 is 10.1 Å². The largest absolute Gasteiger partial charge is 0.457 e. The van der Waals surface area contributed by atoms with Crippen molar-refractivity contribution in [2.75, 3.05) is 6.54 Å². The van der Waals surface area contributed by atoms with Crippen LogP contribution in [0.3, 0.4) is 0 Å². The topological polar surface area (TPSA) is 21.3 Å². The van der Waals surface area contributed by atoms with E-state index in [1.54, 1.807) is 0 Å². The maximum atomic E-state index is 6.00. The quantitative estimate of drug-likeness (QED) is 0.724. The summed E-state index contributed by atoms with van der Waals surface area (Å²) in [5.41, 5.74) is 1.19. The van der Waals surface area contributed by atoms with Crippen LogP contribution in [0.15, 0.2) is 48.5 Å². The molecule has 2 nitrogen and oxygen atoms in total. The van der Waals surface area contributed by atoms with Gasteiger partial charge in [-0.1, -0.05) is 38.1 Å². The molecule has 0 radical (unpaired) electrons. The van der Waals surface area contributed by atoms with E-state index < -0.39 is 0 Å². The molecule has 2 aromatic carbocycles. The molecule has 0 aliphatic rings. The lowest BCUT2D eigenvalue weighted by Gasteiger charge is -2.13. The lowest BCUT2D eigenvalue weighted by Crippen LogP contribution is -2.19. The summed E-state index contributed by atoms with van der Waals surface area (Å²) in [6, 6.07) is 16.3. The Kier molecular flexibility index (Phi) is 5.86. The fourth-order valence-corrected chi connectivity index (χ4v) is 2.42. The van der Waals surface area contributed by atoms with E-state index in [9.17, 15) is 0 Å². The first-order chi connectivity index (χ1) is 9.65. The van der Waals surface area contributed by atoms with Gasteiger partial charge in [0.2, 0.25) is 0 Å². The second-order valence-corrected chi connectivity index (χ2v) is 6.44. The summed E-state index contributed by atoms with van der Waals surface area (Å²) < 4.78 is 7.18. The highest BCUT2D eigenvalue weighted by Crippen LogP contribution is 2.26. The van der Waals surface area contributed by atoms with Gasteiger partial charge in [-0.05, 0) is 59.3 Å². The summed E-state index contributed by atoms with van der Waals surface area (Å²) in [4.78, 5) is 0. The average Bonchev–Trinajstić information content (AvgIpc) is 2.40. The van der Waals surface area contributed by atoms with Gasteiger partial charge in [0.15, 0.2) is 0 Å². The minimum Gasteiger partial charge on any atom is -0.457 e. The highest BCUT2D eigenvalue weighted by molar-refractivity contribution is 14.1. The van der Waals surface area contributed by atoms with Gasteiger partial charge in [-0.2, -0.15) is 0 Å². The number of rotatable bonds is 6. The Morgan fingerprint density at radius 2 is 1.90 bits per heavy atom. The molecular weight excluding hydrogens is 361 g/mol. The molecule has 0 spiro atoms. The third-order valence-corrected chi connectivity index (χ3v) is 3.54. The summed E-state index contributed by atoms with van der Waals surface area (Å²) in [6.07, 6.45) is 0. The van der Waals surface area contributed by atoms with Gasteiger partial charge in [0.05, 0.1) is 0 Å². The van der Waals surface area contributed by atoms with Crippen molar-refractivity contribution in [3.63, 3.8) is 0 Å². The molecule has 1 N–H and O–H groups in total. The Morgan fingerprint density at radius 3 is 2.65 bits per heavy atom. The van der Waals surface area contributed by atoms with Crippen molar-refractivity contribution in [2.24, 2.45) is 5.92 Å². The van der Waals surface area contributed by atoms with E-state index in [0.29, 0.717) is 5.92 Å². The Morgan fingerprint density at radius 1 is 1.10 bits per heavy atom. The van der Waals surface area contributed by atoms with Gasteiger partial charge in [-0.3, -0.25) is 0 Å². The van der Waals surface area contributed by atoms with Crippen molar-refractivity contribution in [3.8, 4) is 11.5 Å². The molecule has 0 unspecified atom stereocenters. The summed E-state index contributed by atoms with van der Waals surface area (Å²) in [5, 5.41) is 3.46. The van der Waals surface area contributed by atoms with Crippen molar-refractivity contribution >= 4 is 22.6 Å². The summed E-state index contributed by atoms with van der Waals surface area (Å²) in [6.45, 7) is 6.26. The smallest absolute Gasteiger partial charge is 0.131 e. The van der Waals surface area contributed by atoms with Gasteiger partial charge >= 0.3 is 0 Å². The molecule has 0 aliphatic heterocycles. The SMILES string of the molecule is CC(C)CNCc1ccccc1Oc1cccc(I)c1. The minimum atomic E-state index is 0.652. The monoisotopic (exact) mass is 381 g/mol. The fourth-order valence-electron chi connectivity index (χ4n) is 1.90. The van der Waals surface area contributed by atoms with Crippen molar-refractivity contribution in [1.29, 1.82) is 0 Å². The Balaban J connectivity index is 2.07. The number of benzene rings is 2. The average molecular weight is 381 g/mol. The predicted molar refractivity (Wildman–Crippen MR) is 92.2 cm³/mol. The van der Waals surface area contributed by atoms with E-state index in [2.05, 4.69) is 53.9 Å². The van der Waals surface area contributed by atoms with E-state index in [-0.39, 0.29) is 0 Å². The van der Waals surface area contributed by atoms with Gasteiger partial charge in [-0.25, -0.2) is 0 Å². The Bertz CT molecular complexity index is 554. The van der Waals surface area contributed by atoms with Gasteiger partial charge in [0.25, 0.3) is 0 Å². The van der Waals surface area contributed by atoms with Crippen molar-refractivity contribution in [1.82, 2.24) is 5.32 Å². The first-order valence-corrected chi connectivity index (χ1v) is 7.95. The molecule has 20 heavy (non-hydrogen) atoms. The van der Waals surface area contributed by atoms with Crippen molar-refractivity contribution in [2.45, 2.75) is 20.4 Å². The zero-order valence-corrected chi connectivity index (χ0v) is 14.1. The van der Waals surface area contributed by atoms with Crippen molar-refractivity contribution < 1.29 is 4.74 Å². The maximum absolute atomic E-state index is 6.00. The van der Waals surface area contributed by atoms with E-state index in [4.69, 9.17) is 4.74 Å². The van der Waals surface area contributed by atoms with E-state index in [0.717, 1.165) is 24.6 Å². The van der Waals surface area contributed by atoms with Crippen LogP contribution in [0.1, 0.15) is 19.4 Å². The van der Waals surface area contributed by atoms with Crippen LogP contribution in [0.5, 0.6) is 11.5 Å². The lowest BCUT2D eigenvalue weighted by atomic mass is 10.2. The third kappa shape index (κ3) is 4.80. The number of para-hydroxylation sites is 1. The molecule has 0 saturated heterocycles. The molecule has 0 fully saturated rings. The van der Waals surface area contributed by atoms with E-state index >= 15 is 0 Å². The van der Waals surface area contributed by atoms with Gasteiger partial charge in [0.1, 0.15) is 11.5 Å². The van der Waals surface area contributed by atoms with Crippen LogP contribution in [0.2, 0.25) is 0 Å². The first-order valence-electron chi connectivity index (χ1n) is 6.87. The number of hydrogen-bond donors (Lipinski definition) is 1. The first kappa shape index (κ1) is 15.3. The third-order valence-electron chi connectivity index (χ3n) is 2.86. The zero-order valence-electron chi connectivity index (χ0n) is 11.9. The van der Waals surface area contributed by atoms with Gasteiger partial charge in [0, 0.05) is 15.7 Å². The molecule has 0 atom stereocenters. The van der Waals surface area contributed by atoms with Crippen LogP contribution in [0.4, 0.5) is 0 Å². The molecule has 2 rings (SSSR count). The van der Waals surface area contributed by atoms with Gasteiger partial charge in [-0.15, -0.1) is 0 Å². The number of hydrogen-bond acceptors (Lipinski definition) is 2. The standard InChI is InChI=1S/C17H20INO/c1-13(2)11-19-12-14-6-3-4-9-17(14)20-16-8-5-7-15(18)10-16/h3-10,13,19H,11-12H2,1-2H3. The fraction of sp³-hybridized carbons (Fsp3) is 0.294. The molecule has 2 aromatic rings. The zero-order chi connectivity index (χ0) is 14.4. The van der Waals surface area contributed by atoms with E-state index in [1.807, 2.05) is 36.4 Å². The minimum absolute atomic E-state index is 0.652. The summed E-state index contributed by atoms with van der Waals surface area (Å²) in [5.74, 6) is 2.46. The molecule has 0 heterocycles. The second-order valence-electron chi connectivity index (χ2n) is 5.19. The van der Waals surface area contributed by atoms with Crippen LogP contribution in [-0.2, 0) is 6.54 Å². The molecule has 0 bridgehead atoms. The lowest BCUT2D eigenvalue weighted by molar-refractivity contribution is 0.469. The molecule has 0 saturated carbocycles. The summed E-state index contributed by atoms with van der Waals surface area (Å²) in [7, 11) is 0. The predicted octanol–water partition coefficient (Wildman–Crippen LogP) is 4.83. The number of nitrogens with one attached hydrogen (secondary N) is 1. The molecule has 0 aliphatic carbocycles. The molecule has 0 amide bonds. The van der Waals surface area contributed by atoms with Gasteiger partial charge < -0.3 is 10.1 Å². The molecule has 0 aromatic heterocycles. The highest BCUT2D eigenvalue weighted by atomic mass is 127. The van der Waals surface area contributed by atoms with Crippen LogP contribution in [0.25, 0.3) is 0 Å². The maximum Gasteiger partial charge on any atom is 0.131 e. The molecular formula is C17H20INO. The van der Waals surface area contributed by atoms with Crippen molar-refractivity contribution in [3.05, 3.63) is 57.7 Å². The highest BCUT2D eigenvalue weighted by Gasteiger charge is 2.05. The number of halogens is 1. The van der Waals surface area contributed by atoms with Crippen LogP contribution in [-0.4, -0.2) is 6.54 Å². The number of ether oxygens (including phenoxy) is 1. The van der Waals surface area contributed by atoms with Crippen LogP contribution >= 0.6 is 22.6 Å². The molecule has 3 heteroatoms. The van der Waals surface area contributed by atoms with Crippen LogP contribution in [0, 0.1) is 9.49 Å². The Labute approximate surface area is 134 Å². The summed E-state index contributed by atoms with van der Waals surface area (Å²) >= 11 is 2.29. The molecule has 106 valence electrons. The van der Waals surface area contributed by atoms with E-state index in [1.165, 1.54) is 9.13 Å². The Hall–Kier alpha value is -1.07. The normalized spacial score (nSPS) is 10.8. The second kappa shape index (κ2) is 7.64.